The molecule has 0 aliphatic carbocycles. The molecule has 0 spiro atoms. The van der Waals surface area contributed by atoms with Gasteiger partial charge < -0.3 is 15.8 Å². The molecular formula is C10H17ClN4O. The summed E-state index contributed by atoms with van der Waals surface area (Å²) in [5, 5.41) is 3.68. The summed E-state index contributed by atoms with van der Waals surface area (Å²) < 4.78 is 5.08. The summed E-state index contributed by atoms with van der Waals surface area (Å²) in [7, 11) is 1.68. The van der Waals surface area contributed by atoms with E-state index in [1.54, 1.807) is 13.2 Å². The molecule has 90 valence electrons. The van der Waals surface area contributed by atoms with Crippen LogP contribution in [0.15, 0.2) is 6.07 Å². The molecule has 0 aliphatic heterocycles. The fraction of sp³-hybridized carbons (Fsp3) is 0.600. The van der Waals surface area contributed by atoms with E-state index in [1.807, 2.05) is 0 Å². The molecule has 0 saturated heterocycles. The van der Waals surface area contributed by atoms with Crippen molar-refractivity contribution in [2.45, 2.75) is 25.9 Å². The molecule has 6 heteroatoms. The van der Waals surface area contributed by atoms with Gasteiger partial charge in [-0.05, 0) is 12.5 Å². The molecule has 1 aromatic heterocycles. The Bertz CT molecular complexity index is 314. The lowest BCUT2D eigenvalue weighted by atomic mass is 10.2. The number of ether oxygens (including phenoxy) is 1. The van der Waals surface area contributed by atoms with Crippen molar-refractivity contribution in [1.82, 2.24) is 15.3 Å². The summed E-state index contributed by atoms with van der Waals surface area (Å²) in [5.41, 5.74) is 6.28. The standard InChI is InChI=1S/C10H17ClN4O/c1-3-7(6-16-2)13-5-8-4-9(11)15-10(12)14-8/h4,7,13H,3,5-6H2,1-2H3,(H2,12,14,15). The summed E-state index contributed by atoms with van der Waals surface area (Å²) in [5.74, 6) is 0.198. The smallest absolute Gasteiger partial charge is 0.221 e. The lowest BCUT2D eigenvalue weighted by Crippen LogP contribution is -2.32. The van der Waals surface area contributed by atoms with Crippen LogP contribution in [0.1, 0.15) is 19.0 Å². The highest BCUT2D eigenvalue weighted by atomic mass is 35.5. The fourth-order valence-electron chi connectivity index (χ4n) is 1.35. The van der Waals surface area contributed by atoms with E-state index in [2.05, 4.69) is 22.2 Å². The Balaban J connectivity index is 2.52. The molecule has 1 unspecified atom stereocenters. The van der Waals surface area contributed by atoms with E-state index in [4.69, 9.17) is 22.1 Å². The zero-order valence-corrected chi connectivity index (χ0v) is 10.3. The molecule has 0 aliphatic rings. The number of hydrogen-bond donors (Lipinski definition) is 2. The van der Waals surface area contributed by atoms with Crippen LogP contribution in [0.5, 0.6) is 0 Å². The fourth-order valence-corrected chi connectivity index (χ4v) is 1.56. The molecule has 5 nitrogen and oxygen atoms in total. The number of rotatable bonds is 6. The van der Waals surface area contributed by atoms with Crippen LogP contribution in [0, 0.1) is 0 Å². The number of nitrogens with one attached hydrogen (secondary N) is 1. The van der Waals surface area contributed by atoms with E-state index < -0.39 is 0 Å². The van der Waals surface area contributed by atoms with Gasteiger partial charge in [0.15, 0.2) is 0 Å². The molecule has 1 aromatic rings. The second-order valence-electron chi connectivity index (χ2n) is 3.48. The van der Waals surface area contributed by atoms with Crippen molar-refractivity contribution in [1.29, 1.82) is 0 Å². The van der Waals surface area contributed by atoms with Gasteiger partial charge in [-0.25, -0.2) is 9.97 Å². The lowest BCUT2D eigenvalue weighted by molar-refractivity contribution is 0.163. The Morgan fingerprint density at radius 3 is 2.88 bits per heavy atom. The Hall–Kier alpha value is -0.910. The van der Waals surface area contributed by atoms with Gasteiger partial charge in [0.05, 0.1) is 12.3 Å². The third kappa shape index (κ3) is 4.30. The predicted octanol–water partition coefficient (Wildman–Crippen LogP) is 1.23. The Kier molecular flexibility index (Phi) is 5.45. The van der Waals surface area contributed by atoms with Crippen LogP contribution in [0.3, 0.4) is 0 Å². The molecule has 3 N–H and O–H groups in total. The Labute approximate surface area is 100 Å². The van der Waals surface area contributed by atoms with Crippen LogP contribution in [0.25, 0.3) is 0 Å². The molecule has 0 saturated carbocycles. The van der Waals surface area contributed by atoms with Crippen molar-refractivity contribution < 1.29 is 4.74 Å². The first-order chi connectivity index (χ1) is 7.65. The molecule has 1 atom stereocenters. The van der Waals surface area contributed by atoms with Crippen molar-refractivity contribution in [3.63, 3.8) is 0 Å². The van der Waals surface area contributed by atoms with Crippen molar-refractivity contribution in [2.75, 3.05) is 19.5 Å². The number of halogens is 1. The molecule has 0 amide bonds. The summed E-state index contributed by atoms with van der Waals surface area (Å²) in [6.45, 7) is 3.37. The zero-order chi connectivity index (χ0) is 12.0. The van der Waals surface area contributed by atoms with Gasteiger partial charge in [0.1, 0.15) is 5.15 Å². The first kappa shape index (κ1) is 13.2. The number of nitrogens with two attached hydrogens (primary N) is 1. The molecule has 1 heterocycles. The normalized spacial score (nSPS) is 12.7. The summed E-state index contributed by atoms with van der Waals surface area (Å²) >= 11 is 5.78. The van der Waals surface area contributed by atoms with Gasteiger partial charge in [0.25, 0.3) is 0 Å². The summed E-state index contributed by atoms with van der Waals surface area (Å²) in [6.07, 6.45) is 0.988. The number of anilines is 1. The zero-order valence-electron chi connectivity index (χ0n) is 9.53. The van der Waals surface area contributed by atoms with E-state index in [1.165, 1.54) is 0 Å². The average molecular weight is 245 g/mol. The third-order valence-electron chi connectivity index (χ3n) is 2.20. The van der Waals surface area contributed by atoms with Crippen LogP contribution in [0.4, 0.5) is 5.95 Å². The second-order valence-corrected chi connectivity index (χ2v) is 3.87. The Morgan fingerprint density at radius 2 is 2.31 bits per heavy atom. The number of methoxy groups -OCH3 is 1. The van der Waals surface area contributed by atoms with Crippen LogP contribution in [-0.2, 0) is 11.3 Å². The van der Waals surface area contributed by atoms with Gasteiger partial charge in [-0.3, -0.25) is 0 Å². The van der Waals surface area contributed by atoms with Crippen LogP contribution < -0.4 is 11.1 Å². The SMILES string of the molecule is CCC(COC)NCc1cc(Cl)nc(N)n1. The van der Waals surface area contributed by atoms with E-state index >= 15 is 0 Å². The van der Waals surface area contributed by atoms with E-state index in [0.29, 0.717) is 24.3 Å². The lowest BCUT2D eigenvalue weighted by Gasteiger charge is -2.15. The van der Waals surface area contributed by atoms with Crippen molar-refractivity contribution >= 4 is 17.5 Å². The minimum atomic E-state index is 0.198. The van der Waals surface area contributed by atoms with Crippen LogP contribution >= 0.6 is 11.6 Å². The highest BCUT2D eigenvalue weighted by Crippen LogP contribution is 2.08. The molecule has 1 rings (SSSR count). The van der Waals surface area contributed by atoms with Gasteiger partial charge in [-0.2, -0.15) is 0 Å². The maximum absolute atomic E-state index is 5.78. The van der Waals surface area contributed by atoms with Gasteiger partial charge in [-0.1, -0.05) is 18.5 Å². The van der Waals surface area contributed by atoms with E-state index in [0.717, 1.165) is 12.1 Å². The topological polar surface area (TPSA) is 73.1 Å². The minimum absolute atomic E-state index is 0.198. The molecule has 0 bridgehead atoms. The number of nitrogen functional groups attached to an aromatic ring is 1. The second kappa shape index (κ2) is 6.62. The van der Waals surface area contributed by atoms with Gasteiger partial charge >= 0.3 is 0 Å². The number of aromatic nitrogens is 2. The summed E-state index contributed by atoms with van der Waals surface area (Å²) in [4.78, 5) is 7.88. The number of nitrogens with zero attached hydrogens (tertiary/aromatic N) is 2. The molecular weight excluding hydrogens is 228 g/mol. The quantitative estimate of drug-likeness (QED) is 0.737. The predicted molar refractivity (Wildman–Crippen MR) is 64.2 cm³/mol. The van der Waals surface area contributed by atoms with Crippen molar-refractivity contribution in [2.24, 2.45) is 0 Å². The maximum Gasteiger partial charge on any atom is 0.221 e. The third-order valence-corrected chi connectivity index (χ3v) is 2.39. The van der Waals surface area contributed by atoms with Crippen LogP contribution in [0.2, 0.25) is 5.15 Å². The Morgan fingerprint density at radius 1 is 1.56 bits per heavy atom. The maximum atomic E-state index is 5.78. The number of hydrogen-bond acceptors (Lipinski definition) is 5. The average Bonchev–Trinajstić information content (AvgIpc) is 2.23. The van der Waals surface area contributed by atoms with Gasteiger partial charge in [0.2, 0.25) is 5.95 Å². The van der Waals surface area contributed by atoms with Crippen LogP contribution in [-0.4, -0.2) is 29.7 Å². The monoisotopic (exact) mass is 244 g/mol. The highest BCUT2D eigenvalue weighted by Gasteiger charge is 2.06. The molecule has 0 aromatic carbocycles. The van der Waals surface area contributed by atoms with E-state index in [-0.39, 0.29) is 5.95 Å². The molecule has 0 fully saturated rings. The highest BCUT2D eigenvalue weighted by molar-refractivity contribution is 6.29. The molecule has 0 radical (unpaired) electrons. The summed E-state index contributed by atoms with van der Waals surface area (Å²) in [6, 6.07) is 2.00. The van der Waals surface area contributed by atoms with Crippen molar-refractivity contribution in [3.8, 4) is 0 Å². The van der Waals surface area contributed by atoms with Gasteiger partial charge in [-0.15, -0.1) is 0 Å². The molecule has 16 heavy (non-hydrogen) atoms. The van der Waals surface area contributed by atoms with Crippen molar-refractivity contribution in [3.05, 3.63) is 16.9 Å². The van der Waals surface area contributed by atoms with E-state index in [9.17, 15) is 0 Å². The first-order valence-electron chi connectivity index (χ1n) is 5.17. The minimum Gasteiger partial charge on any atom is -0.383 e. The van der Waals surface area contributed by atoms with Gasteiger partial charge in [0, 0.05) is 19.7 Å². The first-order valence-corrected chi connectivity index (χ1v) is 5.54. The largest absolute Gasteiger partial charge is 0.383 e.